The zero-order valence-corrected chi connectivity index (χ0v) is 25.6. The minimum absolute atomic E-state index is 0.00484. The molecule has 1 aliphatic heterocycles. The number of ether oxygens (including phenoxy) is 1. The van der Waals surface area contributed by atoms with E-state index in [0.717, 1.165) is 17.0 Å². The predicted molar refractivity (Wildman–Crippen MR) is 163 cm³/mol. The van der Waals surface area contributed by atoms with Crippen LogP contribution in [0.3, 0.4) is 0 Å². The summed E-state index contributed by atoms with van der Waals surface area (Å²) in [5.74, 6) is 0.0858. The lowest BCUT2D eigenvalue weighted by molar-refractivity contribution is -0.117. The molecule has 2 aromatic heterocycles. The first-order chi connectivity index (χ1) is 19.7. The average molecular weight is 607 g/mol. The number of benzene rings is 2. The first-order valence-electron chi connectivity index (χ1n) is 13.2. The van der Waals surface area contributed by atoms with E-state index >= 15 is 0 Å². The maximum Gasteiger partial charge on any atom is 0.296 e. The van der Waals surface area contributed by atoms with E-state index in [1.165, 1.54) is 39.3 Å². The van der Waals surface area contributed by atoms with Crippen molar-refractivity contribution in [1.82, 2.24) is 15.2 Å². The number of nitrogens with zero attached hydrogens (tertiary/aromatic N) is 4. The van der Waals surface area contributed by atoms with Gasteiger partial charge in [-0.05, 0) is 49.4 Å². The Balaban J connectivity index is 1.51. The molecule has 41 heavy (non-hydrogen) atoms. The van der Waals surface area contributed by atoms with E-state index in [4.69, 9.17) is 4.74 Å². The SMILES string of the molecule is Cc1nc(C)c(C(=O)C2=C(O)C(=O)N(c3nnc(SCc4ccccc4)s3)C2c2cccc(OCCC(C)C)c2)s1. The molecule has 11 heteroatoms. The summed E-state index contributed by atoms with van der Waals surface area (Å²) in [6.07, 6.45) is 0.890. The summed E-state index contributed by atoms with van der Waals surface area (Å²) >= 11 is 4.00. The van der Waals surface area contributed by atoms with Gasteiger partial charge in [-0.25, -0.2) is 4.98 Å². The van der Waals surface area contributed by atoms with Crippen LogP contribution in [0.4, 0.5) is 5.13 Å². The molecule has 1 unspecified atom stereocenters. The van der Waals surface area contributed by atoms with Gasteiger partial charge in [-0.1, -0.05) is 79.4 Å². The highest BCUT2D eigenvalue weighted by Crippen LogP contribution is 2.45. The number of carbonyl (C=O) groups is 2. The second kappa shape index (κ2) is 12.5. The predicted octanol–water partition coefficient (Wildman–Crippen LogP) is 7.11. The molecule has 0 saturated heterocycles. The third-order valence-electron chi connectivity index (χ3n) is 6.51. The molecule has 0 radical (unpaired) electrons. The Morgan fingerprint density at radius 2 is 1.88 bits per heavy atom. The molecule has 3 heterocycles. The number of aliphatic hydroxyl groups is 1. The van der Waals surface area contributed by atoms with Crippen molar-refractivity contribution >= 4 is 51.3 Å². The number of hydrogen-bond donors (Lipinski definition) is 1. The molecule has 1 amide bonds. The van der Waals surface area contributed by atoms with Crippen LogP contribution in [0.15, 0.2) is 70.3 Å². The average Bonchev–Trinajstić information content (AvgIpc) is 3.63. The van der Waals surface area contributed by atoms with Gasteiger partial charge < -0.3 is 9.84 Å². The van der Waals surface area contributed by atoms with Crippen LogP contribution in [-0.4, -0.2) is 38.6 Å². The number of amides is 1. The highest BCUT2D eigenvalue weighted by Gasteiger charge is 2.46. The highest BCUT2D eigenvalue weighted by molar-refractivity contribution is 8.00. The normalized spacial score (nSPS) is 15.3. The number of carbonyl (C=O) groups excluding carboxylic acids is 2. The van der Waals surface area contributed by atoms with Crippen molar-refractivity contribution in [1.29, 1.82) is 0 Å². The van der Waals surface area contributed by atoms with Crippen LogP contribution in [0.1, 0.15) is 57.8 Å². The standard InChI is InChI=1S/C30H30N4O4S3/c1-17(2)13-14-38-22-12-8-11-21(15-22)24-23(25(35)27-18(3)31-19(4)40-27)26(36)28(37)34(24)29-32-33-30(41-29)39-16-20-9-6-5-7-10-20/h5-12,15,17,24,36H,13-14,16H2,1-4H3. The fraction of sp³-hybridized carbons (Fsp3) is 0.300. The van der Waals surface area contributed by atoms with Crippen molar-refractivity contribution < 1.29 is 19.4 Å². The van der Waals surface area contributed by atoms with E-state index in [1.807, 2.05) is 61.5 Å². The van der Waals surface area contributed by atoms with Gasteiger partial charge in [-0.2, -0.15) is 0 Å². The van der Waals surface area contributed by atoms with Crippen LogP contribution in [0.2, 0.25) is 0 Å². The zero-order valence-electron chi connectivity index (χ0n) is 23.2. The monoisotopic (exact) mass is 606 g/mol. The number of thioether (sulfide) groups is 1. The third-order valence-corrected chi connectivity index (χ3v) is 9.71. The van der Waals surface area contributed by atoms with E-state index in [2.05, 4.69) is 29.0 Å². The van der Waals surface area contributed by atoms with E-state index in [9.17, 15) is 14.7 Å². The summed E-state index contributed by atoms with van der Waals surface area (Å²) in [5.41, 5.74) is 2.32. The quantitative estimate of drug-likeness (QED) is 0.109. The number of hydrogen-bond acceptors (Lipinski definition) is 10. The molecule has 0 saturated carbocycles. The molecule has 8 nitrogen and oxygen atoms in total. The topological polar surface area (TPSA) is 106 Å². The number of thiazole rings is 1. The van der Waals surface area contributed by atoms with Gasteiger partial charge in [0.05, 0.1) is 33.8 Å². The van der Waals surface area contributed by atoms with Crippen molar-refractivity contribution in [3.05, 3.63) is 92.6 Å². The summed E-state index contributed by atoms with van der Waals surface area (Å²) in [6, 6.07) is 16.4. The van der Waals surface area contributed by atoms with Crippen molar-refractivity contribution in [3.63, 3.8) is 0 Å². The van der Waals surface area contributed by atoms with Gasteiger partial charge in [0.1, 0.15) is 5.75 Å². The molecule has 212 valence electrons. The minimum Gasteiger partial charge on any atom is -0.503 e. The Bertz CT molecular complexity index is 1600. The van der Waals surface area contributed by atoms with Gasteiger partial charge in [0.25, 0.3) is 5.91 Å². The lowest BCUT2D eigenvalue weighted by atomic mass is 9.95. The second-order valence-electron chi connectivity index (χ2n) is 10.0. The minimum atomic E-state index is -0.912. The van der Waals surface area contributed by atoms with Gasteiger partial charge in [0.15, 0.2) is 10.1 Å². The van der Waals surface area contributed by atoms with Gasteiger partial charge >= 0.3 is 0 Å². The maximum atomic E-state index is 13.9. The van der Waals surface area contributed by atoms with Crippen LogP contribution >= 0.6 is 34.4 Å². The number of aliphatic hydroxyl groups excluding tert-OH is 1. The molecular formula is C30H30N4O4S3. The zero-order chi connectivity index (χ0) is 29.1. The van der Waals surface area contributed by atoms with Gasteiger partial charge in [-0.15, -0.1) is 21.5 Å². The van der Waals surface area contributed by atoms with Crippen LogP contribution in [0.5, 0.6) is 5.75 Å². The van der Waals surface area contributed by atoms with Crippen molar-refractivity contribution in [2.24, 2.45) is 5.92 Å². The van der Waals surface area contributed by atoms with E-state index in [1.54, 1.807) is 6.92 Å². The Labute approximate surface area is 251 Å². The summed E-state index contributed by atoms with van der Waals surface area (Å²) in [4.78, 5) is 33.6. The molecular weight excluding hydrogens is 577 g/mol. The number of ketones is 1. The van der Waals surface area contributed by atoms with Gasteiger partial charge in [-0.3, -0.25) is 14.5 Å². The molecule has 1 atom stereocenters. The Hall–Kier alpha value is -3.54. The number of aryl methyl sites for hydroxylation is 2. The van der Waals surface area contributed by atoms with Crippen molar-refractivity contribution in [2.75, 3.05) is 11.5 Å². The summed E-state index contributed by atoms with van der Waals surface area (Å²) in [5, 5.41) is 20.8. The Morgan fingerprint density at radius 1 is 1.10 bits per heavy atom. The highest BCUT2D eigenvalue weighted by atomic mass is 32.2. The van der Waals surface area contributed by atoms with Gasteiger partial charge in [0.2, 0.25) is 10.9 Å². The summed E-state index contributed by atoms with van der Waals surface area (Å²) < 4.78 is 6.66. The van der Waals surface area contributed by atoms with E-state index in [-0.39, 0.29) is 5.57 Å². The van der Waals surface area contributed by atoms with E-state index in [0.29, 0.717) is 49.6 Å². The molecule has 0 bridgehead atoms. The van der Waals surface area contributed by atoms with E-state index < -0.39 is 23.5 Å². The molecule has 4 aromatic rings. The molecule has 0 fully saturated rings. The molecule has 0 spiro atoms. The van der Waals surface area contributed by atoms with Crippen LogP contribution in [0, 0.1) is 19.8 Å². The first kappa shape index (κ1) is 29.0. The van der Waals surface area contributed by atoms with Crippen LogP contribution in [0.25, 0.3) is 0 Å². The summed E-state index contributed by atoms with van der Waals surface area (Å²) in [7, 11) is 0. The third kappa shape index (κ3) is 6.37. The van der Waals surface area contributed by atoms with Crippen LogP contribution < -0.4 is 9.64 Å². The second-order valence-corrected chi connectivity index (χ2v) is 13.4. The molecule has 2 aromatic carbocycles. The molecule has 1 N–H and O–H groups in total. The largest absolute Gasteiger partial charge is 0.503 e. The number of Topliss-reactive ketones (excluding diaryl/α,β-unsaturated/α-hetero) is 1. The number of rotatable bonds is 11. The molecule has 5 rings (SSSR count). The first-order valence-corrected chi connectivity index (χ1v) is 15.8. The number of aromatic nitrogens is 3. The summed E-state index contributed by atoms with van der Waals surface area (Å²) in [6.45, 7) is 8.37. The number of anilines is 1. The Morgan fingerprint density at radius 3 is 2.59 bits per heavy atom. The van der Waals surface area contributed by atoms with Crippen molar-refractivity contribution in [2.45, 2.75) is 50.3 Å². The fourth-order valence-corrected chi connectivity index (χ4v) is 7.18. The lowest BCUT2D eigenvalue weighted by Crippen LogP contribution is -2.31. The maximum absolute atomic E-state index is 13.9. The van der Waals surface area contributed by atoms with Gasteiger partial charge in [0, 0.05) is 5.75 Å². The lowest BCUT2D eigenvalue weighted by Gasteiger charge is -2.24. The molecule has 1 aliphatic rings. The Kier molecular flexibility index (Phi) is 8.86. The smallest absolute Gasteiger partial charge is 0.296 e. The van der Waals surface area contributed by atoms with Crippen molar-refractivity contribution in [3.8, 4) is 5.75 Å². The fourth-order valence-electron chi connectivity index (χ4n) is 4.48. The van der Waals surface area contributed by atoms with Crippen LogP contribution in [-0.2, 0) is 10.5 Å². The molecule has 0 aliphatic carbocycles.